The van der Waals surface area contributed by atoms with Crippen molar-refractivity contribution in [3.05, 3.63) is 135 Å². The van der Waals surface area contributed by atoms with Gasteiger partial charge in [0.25, 0.3) is 0 Å². The van der Waals surface area contributed by atoms with Gasteiger partial charge >= 0.3 is 0 Å². The number of hydrogen-bond donors (Lipinski definition) is 1. The molecule has 1 fully saturated rings. The maximum absolute atomic E-state index is 14.9. The molecule has 4 aromatic carbocycles. The summed E-state index contributed by atoms with van der Waals surface area (Å²) in [6, 6.07) is 26.5. The Morgan fingerprint density at radius 3 is 2.35 bits per heavy atom. The number of ketones is 2. The number of carbonyl (C=O) groups excluding carboxylic acids is 3. The van der Waals surface area contributed by atoms with Gasteiger partial charge in [-0.25, -0.2) is 0 Å². The van der Waals surface area contributed by atoms with Crippen LogP contribution in [0.2, 0.25) is 5.02 Å². The topological polar surface area (TPSA) is 66.5 Å². The monoisotopic (exact) mass is 586 g/mol. The Balaban J connectivity index is 1.50. The van der Waals surface area contributed by atoms with Crippen molar-refractivity contribution in [3.63, 3.8) is 0 Å². The molecule has 0 aromatic heterocycles. The number of fused-ring (bicyclic) bond motifs is 6. The average Bonchev–Trinajstić information content (AvgIpc) is 3.49. The van der Waals surface area contributed by atoms with Gasteiger partial charge in [-0.3, -0.25) is 14.4 Å². The van der Waals surface area contributed by atoms with Crippen LogP contribution < -0.4 is 10.2 Å². The van der Waals surface area contributed by atoms with Crippen molar-refractivity contribution < 1.29 is 14.4 Å². The molecule has 1 N–H and O–H groups in total. The molecule has 4 atom stereocenters. The summed E-state index contributed by atoms with van der Waals surface area (Å²) in [7, 11) is 0. The number of nitrogens with one attached hydrogen (secondary N) is 1. The number of benzene rings is 4. The molecule has 1 spiro atoms. The molecule has 6 heteroatoms. The second kappa shape index (κ2) is 10.4. The maximum atomic E-state index is 14.9. The molecular formula is C37H31ClN2O3. The third-order valence-electron chi connectivity index (χ3n) is 9.25. The second-order valence-electron chi connectivity index (χ2n) is 11.7. The van der Waals surface area contributed by atoms with Gasteiger partial charge in [-0.2, -0.15) is 0 Å². The third kappa shape index (κ3) is 4.09. The van der Waals surface area contributed by atoms with E-state index >= 15 is 0 Å². The van der Waals surface area contributed by atoms with Gasteiger partial charge in [-0.15, -0.1) is 0 Å². The van der Waals surface area contributed by atoms with E-state index in [4.69, 9.17) is 11.6 Å². The van der Waals surface area contributed by atoms with Crippen LogP contribution in [0.1, 0.15) is 56.3 Å². The average molecular weight is 587 g/mol. The summed E-state index contributed by atoms with van der Waals surface area (Å²) < 4.78 is 0. The largest absolute Gasteiger partial charge is 0.352 e. The van der Waals surface area contributed by atoms with Gasteiger partial charge in [0.1, 0.15) is 11.5 Å². The minimum absolute atomic E-state index is 0.223. The van der Waals surface area contributed by atoms with Gasteiger partial charge < -0.3 is 10.2 Å². The van der Waals surface area contributed by atoms with Gasteiger partial charge in [0.05, 0.1) is 12.0 Å². The molecule has 4 aromatic rings. The number of aryl methyl sites for hydroxylation is 2. The first-order valence-electron chi connectivity index (χ1n) is 14.8. The lowest BCUT2D eigenvalue weighted by Gasteiger charge is -2.37. The number of nitrogens with zero attached hydrogens (tertiary/aromatic N) is 1. The van der Waals surface area contributed by atoms with E-state index in [-0.39, 0.29) is 17.5 Å². The summed E-state index contributed by atoms with van der Waals surface area (Å²) >= 11 is 6.20. The van der Waals surface area contributed by atoms with Gasteiger partial charge in [0, 0.05) is 27.5 Å². The summed E-state index contributed by atoms with van der Waals surface area (Å²) in [5, 5.41) is 3.60. The molecule has 1 saturated heterocycles. The molecule has 0 radical (unpaired) electrons. The fourth-order valence-corrected chi connectivity index (χ4v) is 7.51. The van der Waals surface area contributed by atoms with Crippen LogP contribution in [0, 0.1) is 12.8 Å². The van der Waals surface area contributed by atoms with E-state index in [0.29, 0.717) is 21.8 Å². The Kier molecular flexibility index (Phi) is 6.59. The van der Waals surface area contributed by atoms with Crippen LogP contribution in [0.4, 0.5) is 11.4 Å². The predicted molar refractivity (Wildman–Crippen MR) is 171 cm³/mol. The molecule has 1 amide bonds. The van der Waals surface area contributed by atoms with Crippen molar-refractivity contribution in [1.29, 1.82) is 0 Å². The summed E-state index contributed by atoms with van der Waals surface area (Å²) in [5.41, 5.74) is 5.01. The van der Waals surface area contributed by atoms with E-state index < -0.39 is 23.4 Å². The molecule has 3 aliphatic heterocycles. The summed E-state index contributed by atoms with van der Waals surface area (Å²) in [5.74, 6) is -1.72. The van der Waals surface area contributed by atoms with E-state index in [9.17, 15) is 14.4 Å². The standard InChI is InChI=1S/C37H31ClN2O3/c1-3-6-23-10-12-24(13-11-23)34(41)32-33(35(42)25-14-17-27(38)18-15-25)40-30-19-9-22(2)21-26(30)16-20-31(40)37(32)28-7-4-5-8-29(28)39-36(37)43/h4-5,7-21,31-33H,3,6H2,1-2H3,(H,39,43)/t31-,32-,33+,37+/m0/s1. The fourth-order valence-electron chi connectivity index (χ4n) is 7.39. The molecule has 0 unspecified atom stereocenters. The molecule has 0 bridgehead atoms. The van der Waals surface area contributed by atoms with Crippen molar-refractivity contribution in [2.24, 2.45) is 5.92 Å². The van der Waals surface area contributed by atoms with Crippen molar-refractivity contribution in [1.82, 2.24) is 0 Å². The predicted octanol–water partition coefficient (Wildman–Crippen LogP) is 7.46. The third-order valence-corrected chi connectivity index (χ3v) is 9.50. The second-order valence-corrected chi connectivity index (χ2v) is 12.2. The normalized spacial score (nSPS) is 23.1. The van der Waals surface area contributed by atoms with E-state index in [2.05, 4.69) is 18.3 Å². The van der Waals surface area contributed by atoms with Gasteiger partial charge in [0.2, 0.25) is 5.91 Å². The van der Waals surface area contributed by atoms with Crippen molar-refractivity contribution in [3.8, 4) is 0 Å². The van der Waals surface area contributed by atoms with Crippen LogP contribution in [-0.4, -0.2) is 29.6 Å². The van der Waals surface area contributed by atoms with Gasteiger partial charge in [-0.1, -0.05) is 91.2 Å². The van der Waals surface area contributed by atoms with Gasteiger partial charge in [-0.05, 0) is 72.5 Å². The van der Waals surface area contributed by atoms with E-state index in [0.717, 1.165) is 40.8 Å². The van der Waals surface area contributed by atoms with Crippen molar-refractivity contribution >= 4 is 46.5 Å². The Morgan fingerprint density at radius 1 is 0.907 bits per heavy atom. The zero-order chi connectivity index (χ0) is 29.9. The number of hydrogen-bond acceptors (Lipinski definition) is 4. The summed E-state index contributed by atoms with van der Waals surface area (Å²) in [6.45, 7) is 4.14. The van der Waals surface area contributed by atoms with Crippen LogP contribution in [-0.2, 0) is 16.6 Å². The first kappa shape index (κ1) is 27.4. The molecule has 214 valence electrons. The van der Waals surface area contributed by atoms with Gasteiger partial charge in [0.15, 0.2) is 11.6 Å². The van der Waals surface area contributed by atoms with Crippen LogP contribution in [0.25, 0.3) is 6.08 Å². The highest BCUT2D eigenvalue weighted by Gasteiger charge is 2.70. The van der Waals surface area contributed by atoms with Crippen LogP contribution in [0.15, 0.2) is 97.1 Å². The van der Waals surface area contributed by atoms with Crippen LogP contribution >= 0.6 is 11.6 Å². The van der Waals surface area contributed by atoms with E-state index in [1.807, 2.05) is 84.6 Å². The minimum atomic E-state index is -1.33. The Hall–Kier alpha value is -4.48. The Bertz CT molecular complexity index is 1810. The zero-order valence-corrected chi connectivity index (χ0v) is 24.8. The molecule has 5 nitrogen and oxygen atoms in total. The van der Waals surface area contributed by atoms with E-state index in [1.54, 1.807) is 24.3 Å². The molecule has 43 heavy (non-hydrogen) atoms. The smallest absolute Gasteiger partial charge is 0.238 e. The molecule has 3 aliphatic rings. The number of carbonyl (C=O) groups is 3. The maximum Gasteiger partial charge on any atom is 0.238 e. The molecule has 0 saturated carbocycles. The number of anilines is 2. The van der Waals surface area contributed by atoms with E-state index in [1.165, 1.54) is 0 Å². The van der Waals surface area contributed by atoms with Crippen molar-refractivity contribution in [2.75, 3.05) is 10.2 Å². The highest BCUT2D eigenvalue weighted by atomic mass is 35.5. The quantitative estimate of drug-likeness (QED) is 0.238. The molecule has 7 rings (SSSR count). The summed E-state index contributed by atoms with van der Waals surface area (Å²) in [6.07, 6.45) is 5.93. The minimum Gasteiger partial charge on any atom is -0.352 e. The first-order valence-corrected chi connectivity index (χ1v) is 15.1. The molecule has 0 aliphatic carbocycles. The van der Waals surface area contributed by atoms with Crippen LogP contribution in [0.3, 0.4) is 0 Å². The number of rotatable bonds is 6. The first-order chi connectivity index (χ1) is 20.8. The number of para-hydroxylation sites is 1. The lowest BCUT2D eigenvalue weighted by atomic mass is 9.64. The van der Waals surface area contributed by atoms with Crippen LogP contribution in [0.5, 0.6) is 0 Å². The fraction of sp³-hybridized carbons (Fsp3) is 0.216. The SMILES string of the molecule is CCCc1ccc(C(=O)[C@@H]2[C@H](C(=O)c3ccc(Cl)cc3)N3c4ccc(C)cc4C=C[C@H]3[C@@]23C(=O)Nc2ccccc23)cc1. The molecular weight excluding hydrogens is 556 g/mol. The Labute approximate surface area is 256 Å². The summed E-state index contributed by atoms with van der Waals surface area (Å²) in [4.78, 5) is 46.2. The number of amides is 1. The number of Topliss-reactive ketones (excluding diaryl/α,β-unsaturated/α-hetero) is 2. The highest BCUT2D eigenvalue weighted by molar-refractivity contribution is 6.30. The number of halogens is 1. The Morgan fingerprint density at radius 2 is 1.60 bits per heavy atom. The highest BCUT2D eigenvalue weighted by Crippen LogP contribution is 2.58. The zero-order valence-electron chi connectivity index (χ0n) is 24.0. The molecule has 3 heterocycles. The van der Waals surface area contributed by atoms with Crippen molar-refractivity contribution in [2.45, 2.75) is 44.2 Å². The lowest BCUT2D eigenvalue weighted by Crippen LogP contribution is -2.51. The lowest BCUT2D eigenvalue weighted by molar-refractivity contribution is -0.121.